The predicted octanol–water partition coefficient (Wildman–Crippen LogP) is 4.48. The van der Waals surface area contributed by atoms with E-state index in [4.69, 9.17) is 11.6 Å². The lowest BCUT2D eigenvalue weighted by atomic mass is 10.3. The van der Waals surface area contributed by atoms with Crippen LogP contribution in [0.4, 0.5) is 10.5 Å². The number of hydrogen-bond donors (Lipinski definition) is 1. The van der Waals surface area contributed by atoms with E-state index >= 15 is 0 Å². The highest BCUT2D eigenvalue weighted by molar-refractivity contribution is 9.10. The first-order valence-corrected chi connectivity index (χ1v) is 8.17. The Kier molecular flexibility index (Phi) is 3.66. The van der Waals surface area contributed by atoms with E-state index < -0.39 is 6.03 Å². The van der Waals surface area contributed by atoms with Crippen molar-refractivity contribution in [3.63, 3.8) is 0 Å². The third kappa shape index (κ3) is 2.51. The van der Waals surface area contributed by atoms with Crippen molar-refractivity contribution in [2.75, 3.05) is 5.32 Å². The maximum absolute atomic E-state index is 12.6. The molecule has 0 aliphatic heterocycles. The standard InChI is InChI=1S/C16H9BrClN5O/c17-14-13-15(20-12-8-4-3-7-11(12)19-13)23(22-14)16(24)21-10-6-2-1-5-9(10)18/h1-8H,(H,21,24). The fourth-order valence-corrected chi connectivity index (χ4v) is 2.94. The summed E-state index contributed by atoms with van der Waals surface area (Å²) < 4.78 is 1.62. The van der Waals surface area contributed by atoms with Crippen LogP contribution in [0.25, 0.3) is 22.2 Å². The molecule has 0 atom stereocenters. The summed E-state index contributed by atoms with van der Waals surface area (Å²) in [5, 5.41) is 7.36. The monoisotopic (exact) mass is 401 g/mol. The first-order valence-electron chi connectivity index (χ1n) is 7.00. The second-order valence-electron chi connectivity index (χ2n) is 5.00. The van der Waals surface area contributed by atoms with E-state index in [-0.39, 0.29) is 0 Å². The van der Waals surface area contributed by atoms with E-state index in [0.29, 0.717) is 32.0 Å². The van der Waals surface area contributed by atoms with E-state index in [1.807, 2.05) is 24.3 Å². The van der Waals surface area contributed by atoms with Gasteiger partial charge in [0.2, 0.25) is 0 Å². The Morgan fingerprint density at radius 2 is 1.71 bits per heavy atom. The molecule has 0 saturated carbocycles. The number of fused-ring (bicyclic) bond motifs is 2. The lowest BCUT2D eigenvalue weighted by Crippen LogP contribution is -2.21. The maximum Gasteiger partial charge on any atom is 0.348 e. The molecule has 0 radical (unpaired) electrons. The molecular formula is C16H9BrClN5O. The fraction of sp³-hybridized carbons (Fsp3) is 0. The SMILES string of the molecule is O=C(Nc1ccccc1Cl)n1nc(Br)c2nc3ccccc3nc21. The summed E-state index contributed by atoms with van der Waals surface area (Å²) in [5.74, 6) is 0. The lowest BCUT2D eigenvalue weighted by Gasteiger charge is -2.07. The van der Waals surface area contributed by atoms with Crippen molar-refractivity contribution in [3.05, 3.63) is 58.2 Å². The van der Waals surface area contributed by atoms with Crippen LogP contribution >= 0.6 is 27.5 Å². The molecule has 4 rings (SSSR count). The number of benzene rings is 2. The second kappa shape index (κ2) is 5.85. The van der Waals surface area contributed by atoms with Crippen LogP contribution in [-0.4, -0.2) is 25.8 Å². The van der Waals surface area contributed by atoms with Crippen LogP contribution in [0.15, 0.2) is 53.1 Å². The van der Waals surface area contributed by atoms with Gasteiger partial charge in [0.15, 0.2) is 10.3 Å². The fourth-order valence-electron chi connectivity index (χ4n) is 2.33. The molecule has 4 aromatic rings. The van der Waals surface area contributed by atoms with Crippen molar-refractivity contribution in [2.24, 2.45) is 0 Å². The second-order valence-corrected chi connectivity index (χ2v) is 6.16. The molecular weight excluding hydrogens is 394 g/mol. The minimum Gasteiger partial charge on any atom is -0.305 e. The summed E-state index contributed by atoms with van der Waals surface area (Å²) in [7, 11) is 0. The van der Waals surface area contributed by atoms with Gasteiger partial charge in [-0.05, 0) is 40.2 Å². The summed E-state index contributed by atoms with van der Waals surface area (Å²) in [6.07, 6.45) is 0. The van der Waals surface area contributed by atoms with E-state index in [1.165, 1.54) is 4.68 Å². The van der Waals surface area contributed by atoms with Gasteiger partial charge in [-0.25, -0.2) is 14.8 Å². The minimum atomic E-state index is -0.469. The van der Waals surface area contributed by atoms with E-state index in [2.05, 4.69) is 36.3 Å². The zero-order valence-corrected chi connectivity index (χ0v) is 14.4. The van der Waals surface area contributed by atoms with Gasteiger partial charge in [-0.2, -0.15) is 9.78 Å². The van der Waals surface area contributed by atoms with Gasteiger partial charge in [0.25, 0.3) is 0 Å². The molecule has 0 aliphatic carbocycles. The number of hydrogen-bond acceptors (Lipinski definition) is 4. The molecule has 0 saturated heterocycles. The summed E-state index contributed by atoms with van der Waals surface area (Å²) in [4.78, 5) is 21.6. The molecule has 1 N–H and O–H groups in total. The molecule has 118 valence electrons. The molecule has 24 heavy (non-hydrogen) atoms. The highest BCUT2D eigenvalue weighted by atomic mass is 79.9. The molecule has 2 aromatic carbocycles. The Hall–Kier alpha value is -2.51. The molecule has 6 nitrogen and oxygen atoms in total. The van der Waals surface area contributed by atoms with Crippen LogP contribution < -0.4 is 5.32 Å². The number of para-hydroxylation sites is 3. The van der Waals surface area contributed by atoms with Gasteiger partial charge in [0.1, 0.15) is 5.52 Å². The lowest BCUT2D eigenvalue weighted by molar-refractivity contribution is 0.251. The number of nitrogens with one attached hydrogen (secondary N) is 1. The molecule has 8 heteroatoms. The van der Waals surface area contributed by atoms with Gasteiger partial charge in [0, 0.05) is 0 Å². The molecule has 0 fully saturated rings. The summed E-state index contributed by atoms with van der Waals surface area (Å²) in [6.45, 7) is 0. The van der Waals surface area contributed by atoms with Gasteiger partial charge in [-0.1, -0.05) is 35.9 Å². The Balaban J connectivity index is 1.83. The quantitative estimate of drug-likeness (QED) is 0.509. The molecule has 0 unspecified atom stereocenters. The van der Waals surface area contributed by atoms with Crippen molar-refractivity contribution < 1.29 is 4.79 Å². The van der Waals surface area contributed by atoms with Crippen molar-refractivity contribution in [2.45, 2.75) is 0 Å². The summed E-state index contributed by atoms with van der Waals surface area (Å²) in [5.41, 5.74) is 2.80. The van der Waals surface area contributed by atoms with Crippen LogP contribution in [0, 0.1) is 0 Å². The summed E-state index contributed by atoms with van der Waals surface area (Å²) in [6, 6.07) is 13.9. The van der Waals surface area contributed by atoms with E-state index in [9.17, 15) is 4.79 Å². The number of nitrogens with zero attached hydrogens (tertiary/aromatic N) is 4. The zero-order valence-electron chi connectivity index (χ0n) is 12.1. The molecule has 1 amide bonds. The Morgan fingerprint density at radius 1 is 1.04 bits per heavy atom. The molecule has 0 spiro atoms. The van der Waals surface area contributed by atoms with Crippen LogP contribution in [0.3, 0.4) is 0 Å². The van der Waals surface area contributed by atoms with Crippen molar-refractivity contribution in [1.82, 2.24) is 19.7 Å². The van der Waals surface area contributed by atoms with Crippen LogP contribution in [0.5, 0.6) is 0 Å². The summed E-state index contributed by atoms with van der Waals surface area (Å²) >= 11 is 9.41. The van der Waals surface area contributed by atoms with E-state index in [1.54, 1.807) is 24.3 Å². The molecule has 0 bridgehead atoms. The third-order valence-corrected chi connectivity index (χ3v) is 4.31. The number of halogens is 2. The normalized spacial score (nSPS) is 11.1. The van der Waals surface area contributed by atoms with Gasteiger partial charge in [-0.3, -0.25) is 0 Å². The predicted molar refractivity (Wildman–Crippen MR) is 96.4 cm³/mol. The Bertz CT molecular complexity index is 1090. The molecule has 2 aromatic heterocycles. The topological polar surface area (TPSA) is 72.7 Å². The van der Waals surface area contributed by atoms with Gasteiger partial charge < -0.3 is 5.32 Å². The smallest absolute Gasteiger partial charge is 0.305 e. The number of aromatic nitrogens is 4. The van der Waals surface area contributed by atoms with Crippen LogP contribution in [0.2, 0.25) is 5.02 Å². The Labute approximate surface area is 149 Å². The largest absolute Gasteiger partial charge is 0.348 e. The third-order valence-electron chi connectivity index (χ3n) is 3.44. The van der Waals surface area contributed by atoms with E-state index in [0.717, 1.165) is 5.52 Å². The van der Waals surface area contributed by atoms with Gasteiger partial charge in [0.05, 0.1) is 21.7 Å². The van der Waals surface area contributed by atoms with Crippen molar-refractivity contribution in [3.8, 4) is 0 Å². The van der Waals surface area contributed by atoms with Crippen LogP contribution in [-0.2, 0) is 0 Å². The van der Waals surface area contributed by atoms with Gasteiger partial charge >= 0.3 is 6.03 Å². The first-order chi connectivity index (χ1) is 11.6. The zero-order chi connectivity index (χ0) is 16.7. The number of carbonyl (C=O) groups excluding carboxylic acids is 1. The number of rotatable bonds is 1. The first kappa shape index (κ1) is 15.0. The van der Waals surface area contributed by atoms with Crippen molar-refractivity contribution >= 4 is 61.4 Å². The van der Waals surface area contributed by atoms with Crippen molar-refractivity contribution in [1.29, 1.82) is 0 Å². The average molecular weight is 403 g/mol. The highest BCUT2D eigenvalue weighted by Crippen LogP contribution is 2.24. The van der Waals surface area contributed by atoms with Gasteiger partial charge in [-0.15, -0.1) is 0 Å². The minimum absolute atomic E-state index is 0.366. The average Bonchev–Trinajstić information content (AvgIpc) is 2.91. The maximum atomic E-state index is 12.6. The number of amides is 1. The number of anilines is 1. The molecule has 2 heterocycles. The Morgan fingerprint density at radius 3 is 2.46 bits per heavy atom. The highest BCUT2D eigenvalue weighted by Gasteiger charge is 2.18. The van der Waals surface area contributed by atoms with Crippen LogP contribution in [0.1, 0.15) is 0 Å². The number of carbonyl (C=O) groups is 1. The molecule has 0 aliphatic rings.